The molecule has 0 amide bonds. The van der Waals surface area contributed by atoms with E-state index in [-0.39, 0.29) is 0 Å². The Labute approximate surface area is 58.4 Å². The molecular weight excluding hydrogens is 110 g/mol. The Bertz CT molecular complexity index is 84.6. The van der Waals surface area contributed by atoms with E-state index >= 15 is 0 Å². The van der Waals surface area contributed by atoms with Crippen LogP contribution in [0.3, 0.4) is 0 Å². The van der Waals surface area contributed by atoms with Crippen LogP contribution in [0.15, 0.2) is 12.2 Å². The van der Waals surface area contributed by atoms with Crippen LogP contribution in [0.1, 0.15) is 13.8 Å². The Kier molecular flexibility index (Phi) is 4.41. The molecule has 0 aliphatic carbocycles. The molecule has 0 heterocycles. The van der Waals surface area contributed by atoms with Gasteiger partial charge in [0.2, 0.25) is 0 Å². The molecule has 1 atom stereocenters. The van der Waals surface area contributed by atoms with E-state index < -0.39 is 0 Å². The van der Waals surface area contributed by atoms with Crippen molar-refractivity contribution in [3.05, 3.63) is 12.2 Å². The summed E-state index contributed by atoms with van der Waals surface area (Å²) in [4.78, 5) is 2.20. The minimum Gasteiger partial charge on any atom is -0.309 e. The lowest BCUT2D eigenvalue weighted by Gasteiger charge is -2.12. The summed E-state index contributed by atoms with van der Waals surface area (Å²) in [6.07, 6.45) is 4.33. The molecule has 54 valence electrons. The van der Waals surface area contributed by atoms with Gasteiger partial charge in [-0.05, 0) is 26.9 Å². The summed E-state index contributed by atoms with van der Waals surface area (Å²) in [6, 6.07) is 0. The van der Waals surface area contributed by atoms with Gasteiger partial charge in [0.05, 0.1) is 0 Å². The fourth-order valence-corrected chi connectivity index (χ4v) is 0.965. The molecule has 0 aliphatic heterocycles. The van der Waals surface area contributed by atoms with Crippen molar-refractivity contribution >= 4 is 0 Å². The molecule has 0 aromatic rings. The zero-order valence-electron chi connectivity index (χ0n) is 6.89. The number of hydrogen-bond acceptors (Lipinski definition) is 1. The minimum absolute atomic E-state index is 0.685. The second-order valence-corrected chi connectivity index (χ2v) is 2.77. The van der Waals surface area contributed by atoms with Crippen molar-refractivity contribution in [1.29, 1.82) is 0 Å². The number of rotatable bonds is 3. The van der Waals surface area contributed by atoms with Crippen LogP contribution >= 0.6 is 0 Å². The van der Waals surface area contributed by atoms with Crippen molar-refractivity contribution < 1.29 is 0 Å². The third kappa shape index (κ3) is 5.57. The van der Waals surface area contributed by atoms with Crippen LogP contribution in [-0.2, 0) is 0 Å². The maximum Gasteiger partial charge on any atom is 0.00356 e. The van der Waals surface area contributed by atoms with Crippen LogP contribution < -0.4 is 0 Å². The third-order valence-electron chi connectivity index (χ3n) is 1.17. The Hall–Kier alpha value is -0.300. The van der Waals surface area contributed by atoms with Crippen LogP contribution in [-0.4, -0.2) is 25.5 Å². The van der Waals surface area contributed by atoms with E-state index in [2.05, 4.69) is 45.0 Å². The largest absolute Gasteiger partial charge is 0.309 e. The molecular formula is C8H17N. The molecule has 1 unspecified atom stereocenters. The van der Waals surface area contributed by atoms with Crippen molar-refractivity contribution in [3.63, 3.8) is 0 Å². The number of hydrogen-bond donors (Lipinski definition) is 0. The van der Waals surface area contributed by atoms with Gasteiger partial charge in [-0.25, -0.2) is 0 Å². The van der Waals surface area contributed by atoms with E-state index in [1.165, 1.54) is 0 Å². The molecule has 1 nitrogen and oxygen atoms in total. The summed E-state index contributed by atoms with van der Waals surface area (Å²) in [5.74, 6) is 0.685. The van der Waals surface area contributed by atoms with E-state index in [0.717, 1.165) is 6.54 Å². The van der Waals surface area contributed by atoms with Gasteiger partial charge < -0.3 is 4.90 Å². The molecule has 0 N–H and O–H groups in total. The normalized spacial score (nSPS) is 15.2. The van der Waals surface area contributed by atoms with Crippen molar-refractivity contribution in [3.8, 4) is 0 Å². The van der Waals surface area contributed by atoms with Gasteiger partial charge in [0.15, 0.2) is 0 Å². The van der Waals surface area contributed by atoms with Crippen LogP contribution in [0.4, 0.5) is 0 Å². The third-order valence-corrected chi connectivity index (χ3v) is 1.17. The number of allylic oxidation sites excluding steroid dienone is 1. The highest BCUT2D eigenvalue weighted by molar-refractivity contribution is 4.83. The molecule has 0 bridgehead atoms. The summed E-state index contributed by atoms with van der Waals surface area (Å²) >= 11 is 0. The zero-order chi connectivity index (χ0) is 7.28. The van der Waals surface area contributed by atoms with E-state index in [1.807, 2.05) is 0 Å². The summed E-state index contributed by atoms with van der Waals surface area (Å²) in [7, 11) is 4.19. The van der Waals surface area contributed by atoms with E-state index in [9.17, 15) is 0 Å². The van der Waals surface area contributed by atoms with Gasteiger partial charge in [-0.2, -0.15) is 0 Å². The molecule has 0 aliphatic rings. The van der Waals surface area contributed by atoms with Gasteiger partial charge in [-0.3, -0.25) is 0 Å². The first-order valence-corrected chi connectivity index (χ1v) is 3.44. The fraction of sp³-hybridized carbons (Fsp3) is 0.750. The SMILES string of the molecule is CC=CC(C)CN(C)C. The quantitative estimate of drug-likeness (QED) is 0.522. The fourth-order valence-electron chi connectivity index (χ4n) is 0.965. The first-order chi connectivity index (χ1) is 4.16. The maximum absolute atomic E-state index is 2.22. The molecule has 0 rings (SSSR count). The summed E-state index contributed by atoms with van der Waals surface area (Å²) in [6.45, 7) is 5.43. The van der Waals surface area contributed by atoms with E-state index in [4.69, 9.17) is 0 Å². The van der Waals surface area contributed by atoms with Gasteiger partial charge >= 0.3 is 0 Å². The topological polar surface area (TPSA) is 3.24 Å². The zero-order valence-corrected chi connectivity index (χ0v) is 6.89. The highest BCUT2D eigenvalue weighted by Crippen LogP contribution is 1.97. The molecule has 9 heavy (non-hydrogen) atoms. The van der Waals surface area contributed by atoms with Crippen LogP contribution in [0.5, 0.6) is 0 Å². The van der Waals surface area contributed by atoms with Crippen molar-refractivity contribution in [1.82, 2.24) is 4.90 Å². The summed E-state index contributed by atoms with van der Waals surface area (Å²) in [5, 5.41) is 0. The van der Waals surface area contributed by atoms with Gasteiger partial charge in [0.1, 0.15) is 0 Å². The second kappa shape index (κ2) is 4.57. The summed E-state index contributed by atoms with van der Waals surface area (Å²) < 4.78 is 0. The highest BCUT2D eigenvalue weighted by atomic mass is 15.0. The van der Waals surface area contributed by atoms with Crippen LogP contribution in [0.25, 0.3) is 0 Å². The Morgan fingerprint density at radius 1 is 1.44 bits per heavy atom. The average molecular weight is 127 g/mol. The smallest absolute Gasteiger partial charge is 0.00356 e. The molecule has 1 heteroatoms. The average Bonchev–Trinajstić information content (AvgIpc) is 1.63. The Morgan fingerprint density at radius 2 is 2.00 bits per heavy atom. The molecule has 0 fully saturated rings. The van der Waals surface area contributed by atoms with Crippen molar-refractivity contribution in [2.45, 2.75) is 13.8 Å². The lowest BCUT2D eigenvalue weighted by molar-refractivity contribution is 0.371. The predicted molar refractivity (Wildman–Crippen MR) is 42.5 cm³/mol. The van der Waals surface area contributed by atoms with Gasteiger partial charge in [0.25, 0.3) is 0 Å². The van der Waals surface area contributed by atoms with Crippen molar-refractivity contribution in [2.75, 3.05) is 20.6 Å². The molecule has 0 aromatic carbocycles. The molecule has 0 spiro atoms. The lowest BCUT2D eigenvalue weighted by atomic mass is 10.1. The van der Waals surface area contributed by atoms with Gasteiger partial charge in [0, 0.05) is 6.54 Å². The second-order valence-electron chi connectivity index (χ2n) is 2.77. The van der Waals surface area contributed by atoms with Gasteiger partial charge in [-0.1, -0.05) is 19.1 Å². The van der Waals surface area contributed by atoms with E-state index in [0.29, 0.717) is 5.92 Å². The summed E-state index contributed by atoms with van der Waals surface area (Å²) in [5.41, 5.74) is 0. The molecule has 0 saturated carbocycles. The minimum atomic E-state index is 0.685. The molecule has 0 aromatic heterocycles. The highest BCUT2D eigenvalue weighted by Gasteiger charge is 1.95. The maximum atomic E-state index is 2.22. The molecule has 0 radical (unpaired) electrons. The van der Waals surface area contributed by atoms with E-state index in [1.54, 1.807) is 0 Å². The standard InChI is InChI=1S/C8H17N/c1-5-6-8(2)7-9(3)4/h5-6,8H,7H2,1-4H3. The van der Waals surface area contributed by atoms with Crippen molar-refractivity contribution in [2.24, 2.45) is 5.92 Å². The van der Waals surface area contributed by atoms with Gasteiger partial charge in [-0.15, -0.1) is 0 Å². The first-order valence-electron chi connectivity index (χ1n) is 3.44. The Balaban J connectivity index is 3.38. The van der Waals surface area contributed by atoms with Crippen LogP contribution in [0.2, 0.25) is 0 Å². The predicted octanol–water partition coefficient (Wildman–Crippen LogP) is 1.76. The monoisotopic (exact) mass is 127 g/mol. The molecule has 0 saturated heterocycles. The lowest BCUT2D eigenvalue weighted by Crippen LogP contribution is -2.18. The Morgan fingerprint density at radius 3 is 2.33 bits per heavy atom. The van der Waals surface area contributed by atoms with Crippen LogP contribution in [0, 0.1) is 5.92 Å². The first kappa shape index (κ1) is 8.70. The number of nitrogens with zero attached hydrogens (tertiary/aromatic N) is 1.